The highest BCUT2D eigenvalue weighted by Gasteiger charge is 2.33. The summed E-state index contributed by atoms with van der Waals surface area (Å²) in [5.74, 6) is 1.39. The number of benzene rings is 1. The van der Waals surface area contributed by atoms with Crippen LogP contribution in [0.4, 0.5) is 0 Å². The number of aromatic nitrogens is 3. The molecular weight excluding hydrogens is 376 g/mol. The largest absolute Gasteiger partial charge is 0.443 e. The predicted molar refractivity (Wildman–Crippen MR) is 106 cm³/mol. The number of aryl methyl sites for hydroxylation is 2. The van der Waals surface area contributed by atoms with Gasteiger partial charge < -0.3 is 9.32 Å². The van der Waals surface area contributed by atoms with Gasteiger partial charge in [0.05, 0.1) is 11.9 Å². The summed E-state index contributed by atoms with van der Waals surface area (Å²) >= 11 is 6.24. The van der Waals surface area contributed by atoms with Crippen molar-refractivity contribution in [2.24, 2.45) is 0 Å². The summed E-state index contributed by atoms with van der Waals surface area (Å²) in [5.41, 5.74) is 2.90. The van der Waals surface area contributed by atoms with Crippen LogP contribution < -0.4 is 0 Å². The van der Waals surface area contributed by atoms with E-state index in [-0.39, 0.29) is 18.5 Å². The Morgan fingerprint density at radius 1 is 1.32 bits per heavy atom. The monoisotopic (exact) mass is 398 g/mol. The predicted octanol–water partition coefficient (Wildman–Crippen LogP) is 4.10. The zero-order valence-electron chi connectivity index (χ0n) is 16.1. The fourth-order valence-electron chi connectivity index (χ4n) is 3.76. The standard InChI is InChI=1S/C21H23ClN4O2/c1-14-10-15(2)26(24-14)13-20(27)25-9-5-8-19(25)21-23-12-17(28-21)11-16-6-3-4-7-18(16)22/h3-4,6-7,10,12,19H,5,8-9,11,13H2,1-2H3. The number of rotatable bonds is 5. The molecule has 1 aliphatic rings. The lowest BCUT2D eigenvalue weighted by atomic mass is 10.1. The number of nitrogens with zero attached hydrogens (tertiary/aromatic N) is 4. The minimum Gasteiger partial charge on any atom is -0.443 e. The van der Waals surface area contributed by atoms with E-state index in [4.69, 9.17) is 16.0 Å². The van der Waals surface area contributed by atoms with E-state index in [0.717, 1.165) is 35.6 Å². The van der Waals surface area contributed by atoms with Gasteiger partial charge >= 0.3 is 0 Å². The highest BCUT2D eigenvalue weighted by Crippen LogP contribution is 2.32. The summed E-state index contributed by atoms with van der Waals surface area (Å²) in [6.07, 6.45) is 4.12. The maximum absolute atomic E-state index is 12.9. The van der Waals surface area contributed by atoms with Crippen LogP contribution in [0.5, 0.6) is 0 Å². The van der Waals surface area contributed by atoms with Gasteiger partial charge in [0.25, 0.3) is 0 Å². The summed E-state index contributed by atoms with van der Waals surface area (Å²) in [6, 6.07) is 9.56. The summed E-state index contributed by atoms with van der Waals surface area (Å²) in [6.45, 7) is 4.85. The van der Waals surface area contributed by atoms with E-state index in [1.54, 1.807) is 10.9 Å². The van der Waals surface area contributed by atoms with Gasteiger partial charge in [0.2, 0.25) is 11.8 Å². The van der Waals surface area contributed by atoms with Crippen LogP contribution in [0.1, 0.15) is 47.5 Å². The Morgan fingerprint density at radius 3 is 2.89 bits per heavy atom. The molecule has 3 aromatic rings. The molecule has 3 heterocycles. The molecule has 1 aromatic carbocycles. The van der Waals surface area contributed by atoms with Crippen LogP contribution in [0.2, 0.25) is 5.02 Å². The molecule has 6 nitrogen and oxygen atoms in total. The molecule has 7 heteroatoms. The fraction of sp³-hybridized carbons (Fsp3) is 0.381. The summed E-state index contributed by atoms with van der Waals surface area (Å²) in [7, 11) is 0. The van der Waals surface area contributed by atoms with E-state index in [1.165, 1.54) is 0 Å². The second-order valence-corrected chi connectivity index (χ2v) is 7.67. The Balaban J connectivity index is 1.48. The van der Waals surface area contributed by atoms with Crippen LogP contribution >= 0.6 is 11.6 Å². The summed E-state index contributed by atoms with van der Waals surface area (Å²) in [5, 5.41) is 5.11. The number of hydrogen-bond donors (Lipinski definition) is 0. The fourth-order valence-corrected chi connectivity index (χ4v) is 3.97. The number of carbonyl (C=O) groups excluding carboxylic acids is 1. The van der Waals surface area contributed by atoms with Crippen molar-refractivity contribution in [3.05, 3.63) is 70.2 Å². The highest BCUT2D eigenvalue weighted by molar-refractivity contribution is 6.31. The molecule has 0 spiro atoms. The van der Waals surface area contributed by atoms with Gasteiger partial charge in [-0.1, -0.05) is 29.8 Å². The molecule has 0 bridgehead atoms. The van der Waals surface area contributed by atoms with E-state index >= 15 is 0 Å². The van der Waals surface area contributed by atoms with Gasteiger partial charge in [-0.15, -0.1) is 0 Å². The lowest BCUT2D eigenvalue weighted by molar-refractivity contribution is -0.133. The average molecular weight is 399 g/mol. The van der Waals surface area contributed by atoms with Crippen LogP contribution in [0, 0.1) is 13.8 Å². The topological polar surface area (TPSA) is 64.2 Å². The zero-order chi connectivity index (χ0) is 19.7. The van der Waals surface area contributed by atoms with E-state index in [2.05, 4.69) is 10.1 Å². The van der Waals surface area contributed by atoms with Gasteiger partial charge in [-0.2, -0.15) is 5.10 Å². The van der Waals surface area contributed by atoms with Crippen molar-refractivity contribution >= 4 is 17.5 Å². The number of carbonyl (C=O) groups is 1. The molecule has 1 saturated heterocycles. The van der Waals surface area contributed by atoms with Gasteiger partial charge in [0, 0.05) is 23.7 Å². The minimum absolute atomic E-state index is 0.0413. The lowest BCUT2D eigenvalue weighted by Gasteiger charge is -2.22. The first-order valence-electron chi connectivity index (χ1n) is 9.50. The molecular formula is C21H23ClN4O2. The molecule has 2 aromatic heterocycles. The minimum atomic E-state index is -0.121. The summed E-state index contributed by atoms with van der Waals surface area (Å²) < 4.78 is 7.75. The summed E-state index contributed by atoms with van der Waals surface area (Å²) in [4.78, 5) is 19.2. The van der Waals surface area contributed by atoms with Crippen molar-refractivity contribution in [2.75, 3.05) is 6.54 Å². The Labute approximate surface area is 169 Å². The number of hydrogen-bond acceptors (Lipinski definition) is 4. The van der Waals surface area contributed by atoms with Gasteiger partial charge in [-0.3, -0.25) is 9.48 Å². The van der Waals surface area contributed by atoms with Crippen LogP contribution in [0.3, 0.4) is 0 Å². The maximum atomic E-state index is 12.9. The zero-order valence-corrected chi connectivity index (χ0v) is 16.8. The first kappa shape index (κ1) is 18.7. The van der Waals surface area contributed by atoms with Crippen LogP contribution in [0.15, 0.2) is 40.9 Å². The van der Waals surface area contributed by atoms with Gasteiger partial charge in [-0.25, -0.2) is 4.98 Å². The quantitative estimate of drug-likeness (QED) is 0.649. The van der Waals surface area contributed by atoms with E-state index in [9.17, 15) is 4.79 Å². The number of oxazole rings is 1. The molecule has 1 unspecified atom stereocenters. The third kappa shape index (κ3) is 3.83. The van der Waals surface area contributed by atoms with Crippen molar-refractivity contribution in [3.8, 4) is 0 Å². The van der Waals surface area contributed by atoms with Crippen molar-refractivity contribution in [1.29, 1.82) is 0 Å². The van der Waals surface area contributed by atoms with Gasteiger partial charge in [0.15, 0.2) is 0 Å². The SMILES string of the molecule is Cc1cc(C)n(CC(=O)N2CCCC2c2ncc(Cc3ccccc3Cl)o2)n1. The van der Waals surface area contributed by atoms with Crippen LogP contribution in [0.25, 0.3) is 0 Å². The molecule has 0 saturated carbocycles. The number of amides is 1. The molecule has 0 N–H and O–H groups in total. The molecule has 1 aliphatic heterocycles. The third-order valence-corrected chi connectivity index (χ3v) is 5.51. The van der Waals surface area contributed by atoms with Crippen molar-refractivity contribution < 1.29 is 9.21 Å². The maximum Gasteiger partial charge on any atom is 0.244 e. The number of halogens is 1. The molecule has 4 rings (SSSR count). The molecule has 0 radical (unpaired) electrons. The highest BCUT2D eigenvalue weighted by atomic mass is 35.5. The smallest absolute Gasteiger partial charge is 0.244 e. The van der Waals surface area contributed by atoms with Crippen molar-refractivity contribution in [1.82, 2.24) is 19.7 Å². The molecule has 146 valence electrons. The molecule has 0 aliphatic carbocycles. The Hall–Kier alpha value is -2.60. The lowest BCUT2D eigenvalue weighted by Crippen LogP contribution is -2.34. The van der Waals surface area contributed by atoms with E-state index in [1.807, 2.05) is 49.1 Å². The van der Waals surface area contributed by atoms with Crippen molar-refractivity contribution in [3.63, 3.8) is 0 Å². The first-order chi connectivity index (χ1) is 13.5. The Morgan fingerprint density at radius 2 is 2.14 bits per heavy atom. The average Bonchev–Trinajstić information content (AvgIpc) is 3.37. The van der Waals surface area contributed by atoms with Crippen LogP contribution in [-0.4, -0.2) is 32.1 Å². The normalized spacial score (nSPS) is 16.7. The molecule has 1 amide bonds. The first-order valence-corrected chi connectivity index (χ1v) is 9.87. The van der Waals surface area contributed by atoms with E-state index < -0.39 is 0 Å². The second-order valence-electron chi connectivity index (χ2n) is 7.26. The van der Waals surface area contributed by atoms with E-state index in [0.29, 0.717) is 23.9 Å². The second kappa shape index (κ2) is 7.80. The Kier molecular flexibility index (Phi) is 5.22. The molecule has 28 heavy (non-hydrogen) atoms. The molecule has 1 fully saturated rings. The molecule has 1 atom stereocenters. The van der Waals surface area contributed by atoms with Crippen molar-refractivity contribution in [2.45, 2.75) is 45.7 Å². The Bertz CT molecular complexity index is 994. The van der Waals surface area contributed by atoms with Gasteiger partial charge in [-0.05, 0) is 44.4 Å². The number of likely N-dealkylation sites (tertiary alicyclic amines) is 1. The third-order valence-electron chi connectivity index (χ3n) is 5.14. The van der Waals surface area contributed by atoms with Crippen LogP contribution in [-0.2, 0) is 17.8 Å². The van der Waals surface area contributed by atoms with Gasteiger partial charge in [0.1, 0.15) is 18.3 Å².